The molecule has 1 aromatic carbocycles. The average molecular weight is 285 g/mol. The minimum absolute atomic E-state index is 0.339. The Morgan fingerprint density at radius 2 is 2.24 bits per heavy atom. The van der Waals surface area contributed by atoms with Gasteiger partial charge < -0.3 is 4.74 Å². The molecule has 5 heteroatoms. The van der Waals surface area contributed by atoms with Gasteiger partial charge in [-0.2, -0.15) is 0 Å². The minimum Gasteiger partial charge on any atom is -0.463 e. The van der Waals surface area contributed by atoms with Gasteiger partial charge in [-0.05, 0) is 44.0 Å². The van der Waals surface area contributed by atoms with Crippen LogP contribution >= 0.6 is 0 Å². The van der Waals surface area contributed by atoms with Gasteiger partial charge in [-0.3, -0.25) is 0 Å². The Morgan fingerprint density at radius 3 is 2.95 bits per heavy atom. The predicted molar refractivity (Wildman–Crippen MR) is 82.7 cm³/mol. The molecule has 2 aromatic rings. The second-order valence-corrected chi connectivity index (χ2v) is 4.57. The van der Waals surface area contributed by atoms with Crippen molar-refractivity contribution in [3.8, 4) is 0 Å². The van der Waals surface area contributed by atoms with Crippen molar-refractivity contribution in [3.63, 3.8) is 0 Å². The molecule has 0 atom stereocenters. The maximum atomic E-state index is 11.4. The summed E-state index contributed by atoms with van der Waals surface area (Å²) < 4.78 is 6.72. The number of carbonyl (C=O) groups excluding carboxylic acids is 1. The normalized spacial score (nSPS) is 11.8. The molecule has 0 saturated heterocycles. The van der Waals surface area contributed by atoms with Crippen molar-refractivity contribution in [3.05, 3.63) is 41.5 Å². The van der Waals surface area contributed by atoms with Gasteiger partial charge >= 0.3 is 5.97 Å². The second-order valence-electron chi connectivity index (χ2n) is 4.57. The number of aryl methyl sites for hydroxylation is 1. The van der Waals surface area contributed by atoms with Gasteiger partial charge in [-0.15, -0.1) is 5.10 Å². The van der Waals surface area contributed by atoms with Gasteiger partial charge in [-0.1, -0.05) is 23.4 Å². The fourth-order valence-corrected chi connectivity index (χ4v) is 2.05. The first kappa shape index (κ1) is 15.0. The van der Waals surface area contributed by atoms with E-state index in [0.29, 0.717) is 13.2 Å². The lowest BCUT2D eigenvalue weighted by atomic mass is 10.1. The Labute approximate surface area is 123 Å². The zero-order chi connectivity index (χ0) is 15.2. The molecular formula is C16H19N3O2. The van der Waals surface area contributed by atoms with Crippen LogP contribution < -0.4 is 0 Å². The molecule has 0 radical (unpaired) electrons. The van der Waals surface area contributed by atoms with E-state index in [-0.39, 0.29) is 5.97 Å². The molecule has 0 unspecified atom stereocenters. The van der Waals surface area contributed by atoms with Crippen molar-refractivity contribution >= 4 is 23.1 Å². The van der Waals surface area contributed by atoms with Gasteiger partial charge in [0, 0.05) is 6.08 Å². The van der Waals surface area contributed by atoms with E-state index in [1.807, 2.05) is 42.8 Å². The van der Waals surface area contributed by atoms with E-state index >= 15 is 0 Å². The molecule has 5 nitrogen and oxygen atoms in total. The van der Waals surface area contributed by atoms with Crippen LogP contribution in [-0.2, 0) is 16.1 Å². The molecule has 0 aliphatic carbocycles. The van der Waals surface area contributed by atoms with Crippen LogP contribution in [0.3, 0.4) is 0 Å². The summed E-state index contributed by atoms with van der Waals surface area (Å²) in [6.45, 7) is 6.81. The zero-order valence-corrected chi connectivity index (χ0v) is 12.5. The van der Waals surface area contributed by atoms with Crippen molar-refractivity contribution in [2.45, 2.75) is 27.3 Å². The maximum Gasteiger partial charge on any atom is 0.330 e. The van der Waals surface area contributed by atoms with Gasteiger partial charge in [-0.25, -0.2) is 9.48 Å². The first-order valence-electron chi connectivity index (χ1n) is 6.96. The molecule has 0 aliphatic heterocycles. The molecule has 0 bridgehead atoms. The molecular weight excluding hydrogens is 266 g/mol. The van der Waals surface area contributed by atoms with Crippen LogP contribution in [0.25, 0.3) is 17.1 Å². The van der Waals surface area contributed by atoms with Crippen molar-refractivity contribution < 1.29 is 9.53 Å². The highest BCUT2D eigenvalue weighted by molar-refractivity contribution is 5.89. The molecule has 0 N–H and O–H groups in total. The monoisotopic (exact) mass is 285 g/mol. The number of nitrogens with zero attached hydrogens (tertiary/aromatic N) is 3. The van der Waals surface area contributed by atoms with Crippen LogP contribution in [0.15, 0.2) is 30.4 Å². The smallest absolute Gasteiger partial charge is 0.330 e. The fraction of sp³-hybridized carbons (Fsp3) is 0.312. The van der Waals surface area contributed by atoms with Crippen molar-refractivity contribution in [2.75, 3.05) is 6.61 Å². The second kappa shape index (κ2) is 6.83. The summed E-state index contributed by atoms with van der Waals surface area (Å²) in [4.78, 5) is 11.4. The number of hydrogen-bond donors (Lipinski definition) is 0. The molecule has 110 valence electrons. The molecule has 0 saturated carbocycles. The lowest BCUT2D eigenvalue weighted by Gasteiger charge is -2.02. The SMILES string of the molecule is CC=CCn1nnc2c(C)c(/C=C/C(=O)OCC)ccc21. The summed E-state index contributed by atoms with van der Waals surface area (Å²) in [5.41, 5.74) is 3.78. The Bertz CT molecular complexity index is 699. The van der Waals surface area contributed by atoms with Gasteiger partial charge in [0.1, 0.15) is 5.52 Å². The Balaban J connectivity index is 2.32. The van der Waals surface area contributed by atoms with Crippen LogP contribution in [0.5, 0.6) is 0 Å². The van der Waals surface area contributed by atoms with E-state index in [4.69, 9.17) is 4.74 Å². The first-order chi connectivity index (χ1) is 10.2. The van der Waals surface area contributed by atoms with E-state index in [9.17, 15) is 4.79 Å². The molecule has 0 fully saturated rings. The number of allylic oxidation sites excluding steroid dienone is 2. The number of fused-ring (bicyclic) bond motifs is 1. The van der Waals surface area contributed by atoms with E-state index in [1.54, 1.807) is 13.0 Å². The summed E-state index contributed by atoms with van der Waals surface area (Å²) in [6.07, 6.45) is 7.19. The Morgan fingerprint density at radius 1 is 1.43 bits per heavy atom. The molecule has 2 rings (SSSR count). The average Bonchev–Trinajstić information content (AvgIpc) is 2.88. The number of benzene rings is 1. The van der Waals surface area contributed by atoms with E-state index in [0.717, 1.165) is 22.2 Å². The molecule has 1 aromatic heterocycles. The van der Waals surface area contributed by atoms with Crippen molar-refractivity contribution in [1.29, 1.82) is 0 Å². The highest BCUT2D eigenvalue weighted by atomic mass is 16.5. The molecule has 1 heterocycles. The van der Waals surface area contributed by atoms with Crippen molar-refractivity contribution in [2.24, 2.45) is 0 Å². The van der Waals surface area contributed by atoms with Gasteiger partial charge in [0.05, 0.1) is 18.7 Å². The fourth-order valence-electron chi connectivity index (χ4n) is 2.05. The minimum atomic E-state index is -0.339. The zero-order valence-electron chi connectivity index (χ0n) is 12.5. The van der Waals surface area contributed by atoms with E-state index < -0.39 is 0 Å². The van der Waals surface area contributed by atoms with Crippen LogP contribution in [0.4, 0.5) is 0 Å². The largest absolute Gasteiger partial charge is 0.463 e. The number of hydrogen-bond acceptors (Lipinski definition) is 4. The summed E-state index contributed by atoms with van der Waals surface area (Å²) in [5.74, 6) is -0.339. The number of aromatic nitrogens is 3. The third kappa shape index (κ3) is 3.37. The van der Waals surface area contributed by atoms with Crippen LogP contribution in [-0.4, -0.2) is 27.6 Å². The summed E-state index contributed by atoms with van der Waals surface area (Å²) in [6, 6.07) is 3.93. The van der Waals surface area contributed by atoms with E-state index in [1.165, 1.54) is 6.08 Å². The maximum absolute atomic E-state index is 11.4. The van der Waals surface area contributed by atoms with E-state index in [2.05, 4.69) is 10.3 Å². The number of rotatable bonds is 5. The number of ether oxygens (including phenoxy) is 1. The number of carbonyl (C=O) groups is 1. The van der Waals surface area contributed by atoms with Crippen molar-refractivity contribution in [1.82, 2.24) is 15.0 Å². The lowest BCUT2D eigenvalue weighted by molar-refractivity contribution is -0.137. The molecule has 0 spiro atoms. The summed E-state index contributed by atoms with van der Waals surface area (Å²) in [5, 5.41) is 8.38. The van der Waals surface area contributed by atoms with Crippen LogP contribution in [0.2, 0.25) is 0 Å². The Hall–Kier alpha value is -2.43. The van der Waals surface area contributed by atoms with Gasteiger partial charge in [0.15, 0.2) is 0 Å². The standard InChI is InChI=1S/C16H19N3O2/c1-4-6-11-19-14-9-7-13(8-10-15(20)21-5-2)12(3)16(14)17-18-19/h4,6-10H,5,11H2,1-3H3/b6-4?,10-8+. The van der Waals surface area contributed by atoms with Gasteiger partial charge in [0.2, 0.25) is 0 Å². The summed E-state index contributed by atoms with van der Waals surface area (Å²) in [7, 11) is 0. The first-order valence-corrected chi connectivity index (χ1v) is 6.96. The van der Waals surface area contributed by atoms with Crippen LogP contribution in [0, 0.1) is 6.92 Å². The predicted octanol–water partition coefficient (Wildman–Crippen LogP) is 2.89. The summed E-state index contributed by atoms with van der Waals surface area (Å²) >= 11 is 0. The quantitative estimate of drug-likeness (QED) is 0.481. The third-order valence-corrected chi connectivity index (χ3v) is 3.18. The molecule has 0 amide bonds. The highest BCUT2D eigenvalue weighted by Gasteiger charge is 2.08. The number of esters is 1. The highest BCUT2D eigenvalue weighted by Crippen LogP contribution is 2.20. The third-order valence-electron chi connectivity index (χ3n) is 3.18. The topological polar surface area (TPSA) is 57.0 Å². The molecule has 0 aliphatic rings. The van der Waals surface area contributed by atoms with Crippen LogP contribution in [0.1, 0.15) is 25.0 Å². The van der Waals surface area contributed by atoms with Gasteiger partial charge in [0.25, 0.3) is 0 Å². The molecule has 21 heavy (non-hydrogen) atoms. The lowest BCUT2D eigenvalue weighted by Crippen LogP contribution is -1.99. The Kier molecular flexibility index (Phi) is 4.87.